The highest BCUT2D eigenvalue weighted by Gasteiger charge is 2.23. The number of nitrogens with zero attached hydrogens (tertiary/aromatic N) is 2. The van der Waals surface area contributed by atoms with Crippen molar-refractivity contribution in [2.45, 2.75) is 6.42 Å². The molecule has 0 bridgehead atoms. The lowest BCUT2D eigenvalue weighted by Gasteiger charge is -2.20. The minimum atomic E-state index is 0.306. The number of rotatable bonds is 1. The monoisotopic (exact) mass is 279 g/mol. The highest BCUT2D eigenvalue weighted by molar-refractivity contribution is 6.37. The largest absolute Gasteiger partial charge is 0.382 e. The second-order valence-corrected chi connectivity index (χ2v) is 5.01. The number of fused-ring (bicyclic) bond motifs is 1. The van der Waals surface area contributed by atoms with Crippen LogP contribution in [0.25, 0.3) is 0 Å². The maximum Gasteiger partial charge on any atom is 0.154 e. The lowest BCUT2D eigenvalue weighted by molar-refractivity contribution is 0.976. The summed E-state index contributed by atoms with van der Waals surface area (Å²) in [6, 6.07) is 9.85. The number of hydrogen-bond donors (Lipinski definition) is 1. The van der Waals surface area contributed by atoms with E-state index in [1.54, 1.807) is 6.07 Å². The molecule has 92 valence electrons. The van der Waals surface area contributed by atoms with Gasteiger partial charge in [0.2, 0.25) is 0 Å². The van der Waals surface area contributed by atoms with Crippen LogP contribution in [0.5, 0.6) is 0 Å². The van der Waals surface area contributed by atoms with Gasteiger partial charge in [0.05, 0.1) is 10.0 Å². The van der Waals surface area contributed by atoms with Crippen LogP contribution < -0.4 is 10.6 Å². The van der Waals surface area contributed by atoms with Gasteiger partial charge >= 0.3 is 0 Å². The molecule has 1 aromatic heterocycles. The molecule has 2 aromatic rings. The molecule has 0 radical (unpaired) electrons. The summed E-state index contributed by atoms with van der Waals surface area (Å²) < 4.78 is 0. The smallest absolute Gasteiger partial charge is 0.154 e. The molecular formula is C13H11Cl2N3. The number of pyridine rings is 1. The Kier molecular flexibility index (Phi) is 2.80. The quantitative estimate of drug-likeness (QED) is 0.866. The van der Waals surface area contributed by atoms with E-state index in [-0.39, 0.29) is 0 Å². The van der Waals surface area contributed by atoms with Gasteiger partial charge in [0.15, 0.2) is 5.82 Å². The summed E-state index contributed by atoms with van der Waals surface area (Å²) in [5, 5.41) is 0.905. The fourth-order valence-electron chi connectivity index (χ4n) is 2.22. The van der Waals surface area contributed by atoms with Gasteiger partial charge in [0.25, 0.3) is 0 Å². The molecule has 3 nitrogen and oxygen atoms in total. The second kappa shape index (κ2) is 4.34. The van der Waals surface area contributed by atoms with Crippen molar-refractivity contribution in [1.82, 2.24) is 4.98 Å². The van der Waals surface area contributed by atoms with Crippen molar-refractivity contribution in [2.75, 3.05) is 17.2 Å². The minimum Gasteiger partial charge on any atom is -0.382 e. The van der Waals surface area contributed by atoms with E-state index in [0.29, 0.717) is 21.7 Å². The van der Waals surface area contributed by atoms with Gasteiger partial charge in [-0.15, -0.1) is 0 Å². The second-order valence-electron chi connectivity index (χ2n) is 4.19. The maximum absolute atomic E-state index is 6.20. The van der Waals surface area contributed by atoms with Crippen LogP contribution in [-0.4, -0.2) is 11.5 Å². The van der Waals surface area contributed by atoms with Crippen molar-refractivity contribution in [2.24, 2.45) is 0 Å². The highest BCUT2D eigenvalue weighted by atomic mass is 35.5. The summed E-state index contributed by atoms with van der Waals surface area (Å²) in [4.78, 5) is 6.37. The fourth-order valence-corrected chi connectivity index (χ4v) is 2.68. The molecule has 1 aliphatic heterocycles. The molecule has 5 heteroatoms. The molecule has 18 heavy (non-hydrogen) atoms. The van der Waals surface area contributed by atoms with Crippen molar-refractivity contribution in [1.29, 1.82) is 0 Å². The Morgan fingerprint density at radius 3 is 2.78 bits per heavy atom. The molecular weight excluding hydrogens is 269 g/mol. The predicted molar refractivity (Wildman–Crippen MR) is 75.8 cm³/mol. The van der Waals surface area contributed by atoms with Crippen LogP contribution in [-0.2, 0) is 6.42 Å². The lowest BCUT2D eigenvalue weighted by Crippen LogP contribution is -2.16. The van der Waals surface area contributed by atoms with Crippen LogP contribution in [0.3, 0.4) is 0 Å². The molecule has 0 atom stereocenters. The summed E-state index contributed by atoms with van der Waals surface area (Å²) in [6.07, 6.45) is 0.983. The molecule has 0 amide bonds. The first-order chi connectivity index (χ1) is 8.66. The molecule has 0 unspecified atom stereocenters. The third-order valence-corrected chi connectivity index (χ3v) is 3.66. The lowest BCUT2D eigenvalue weighted by atomic mass is 10.2. The van der Waals surface area contributed by atoms with Crippen molar-refractivity contribution >= 4 is 40.5 Å². The van der Waals surface area contributed by atoms with Gasteiger partial charge in [-0.25, -0.2) is 4.98 Å². The van der Waals surface area contributed by atoms with Gasteiger partial charge in [-0.2, -0.15) is 0 Å². The number of anilines is 3. The van der Waals surface area contributed by atoms with Crippen LogP contribution in [0.2, 0.25) is 10.0 Å². The number of halogens is 2. The zero-order chi connectivity index (χ0) is 12.7. The van der Waals surface area contributed by atoms with Crippen LogP contribution in [0, 0.1) is 0 Å². The molecule has 1 aliphatic rings. The summed E-state index contributed by atoms with van der Waals surface area (Å²) in [7, 11) is 0. The van der Waals surface area contributed by atoms with E-state index in [1.807, 2.05) is 12.1 Å². The number of para-hydroxylation sites is 1. The summed E-state index contributed by atoms with van der Waals surface area (Å²) in [5.41, 5.74) is 8.18. The predicted octanol–water partition coefficient (Wildman–Crippen LogP) is 3.66. The standard InChI is InChI=1S/C13H11Cl2N3/c14-9-7-10(15)13(17-12(9)16)18-6-5-8-3-1-2-4-11(8)18/h1-4,7H,5-6H2,(H2,16,17). The molecule has 0 saturated heterocycles. The Balaban J connectivity index is 2.10. The number of nitrogens with two attached hydrogens (primary N) is 1. The average Bonchev–Trinajstić information content (AvgIpc) is 2.78. The van der Waals surface area contributed by atoms with Crippen LogP contribution in [0.1, 0.15) is 5.56 Å². The first-order valence-electron chi connectivity index (χ1n) is 5.64. The third-order valence-electron chi connectivity index (χ3n) is 3.08. The van der Waals surface area contributed by atoms with Crippen LogP contribution in [0.4, 0.5) is 17.3 Å². The molecule has 0 fully saturated rings. The van der Waals surface area contributed by atoms with Crippen molar-refractivity contribution < 1.29 is 0 Å². The van der Waals surface area contributed by atoms with E-state index in [2.05, 4.69) is 22.0 Å². The molecule has 2 N–H and O–H groups in total. The fraction of sp³-hybridized carbons (Fsp3) is 0.154. The van der Waals surface area contributed by atoms with Gasteiger partial charge in [0.1, 0.15) is 5.82 Å². The van der Waals surface area contributed by atoms with E-state index in [1.165, 1.54) is 5.56 Å². The third kappa shape index (κ3) is 1.80. The zero-order valence-electron chi connectivity index (χ0n) is 9.53. The van der Waals surface area contributed by atoms with Crippen molar-refractivity contribution in [3.8, 4) is 0 Å². The van der Waals surface area contributed by atoms with Crippen LogP contribution in [0.15, 0.2) is 30.3 Å². The normalized spacial score (nSPS) is 13.8. The first-order valence-corrected chi connectivity index (χ1v) is 6.39. The number of nitrogen functional groups attached to an aromatic ring is 1. The van der Waals surface area contributed by atoms with Gasteiger partial charge in [0, 0.05) is 12.2 Å². The molecule has 2 heterocycles. The number of benzene rings is 1. The van der Waals surface area contributed by atoms with Crippen LogP contribution >= 0.6 is 23.2 Å². The van der Waals surface area contributed by atoms with E-state index < -0.39 is 0 Å². The number of aromatic nitrogens is 1. The number of hydrogen-bond acceptors (Lipinski definition) is 3. The van der Waals surface area contributed by atoms with Gasteiger partial charge in [-0.3, -0.25) is 0 Å². The van der Waals surface area contributed by atoms with E-state index >= 15 is 0 Å². The Morgan fingerprint density at radius 2 is 1.94 bits per heavy atom. The van der Waals surface area contributed by atoms with E-state index in [9.17, 15) is 0 Å². The average molecular weight is 280 g/mol. The molecule has 0 aliphatic carbocycles. The van der Waals surface area contributed by atoms with Gasteiger partial charge in [-0.1, -0.05) is 41.4 Å². The highest BCUT2D eigenvalue weighted by Crippen LogP contribution is 2.38. The SMILES string of the molecule is Nc1nc(N2CCc3ccccc32)c(Cl)cc1Cl. The van der Waals surface area contributed by atoms with Gasteiger partial charge in [-0.05, 0) is 24.1 Å². The minimum absolute atomic E-state index is 0.306. The Labute approximate surface area is 115 Å². The van der Waals surface area contributed by atoms with Crippen molar-refractivity contribution in [3.63, 3.8) is 0 Å². The van der Waals surface area contributed by atoms with E-state index in [0.717, 1.165) is 18.7 Å². The topological polar surface area (TPSA) is 42.1 Å². The summed E-state index contributed by atoms with van der Waals surface area (Å²) in [6.45, 7) is 0.854. The Hall–Kier alpha value is -1.45. The molecule has 1 aromatic carbocycles. The summed E-state index contributed by atoms with van der Waals surface area (Å²) in [5.74, 6) is 0.976. The van der Waals surface area contributed by atoms with Crippen molar-refractivity contribution in [3.05, 3.63) is 45.9 Å². The molecule has 0 spiro atoms. The summed E-state index contributed by atoms with van der Waals surface area (Å²) >= 11 is 12.1. The molecule has 3 rings (SSSR count). The van der Waals surface area contributed by atoms with Gasteiger partial charge < -0.3 is 10.6 Å². The zero-order valence-corrected chi connectivity index (χ0v) is 11.0. The van der Waals surface area contributed by atoms with E-state index in [4.69, 9.17) is 28.9 Å². The maximum atomic E-state index is 6.20. The Morgan fingerprint density at radius 1 is 1.17 bits per heavy atom. The first kappa shape index (κ1) is 11.6. The molecule has 0 saturated carbocycles. The Bertz CT molecular complexity index is 613.